The summed E-state index contributed by atoms with van der Waals surface area (Å²) in [5, 5.41) is 13.3. The van der Waals surface area contributed by atoms with Crippen LogP contribution in [0.5, 0.6) is 0 Å². The van der Waals surface area contributed by atoms with E-state index in [1.165, 1.54) is 10.9 Å². The summed E-state index contributed by atoms with van der Waals surface area (Å²) in [4.78, 5) is 5.63. The van der Waals surface area contributed by atoms with Gasteiger partial charge in [0.05, 0.1) is 16.3 Å². The molecule has 1 aromatic carbocycles. The van der Waals surface area contributed by atoms with Crippen molar-refractivity contribution in [3.05, 3.63) is 50.7 Å². The van der Waals surface area contributed by atoms with Gasteiger partial charge in [-0.1, -0.05) is 6.07 Å². The number of rotatable bonds is 4. The first kappa shape index (κ1) is 14.6. The third-order valence-corrected chi connectivity index (χ3v) is 4.35. The van der Waals surface area contributed by atoms with E-state index in [1.54, 1.807) is 23.5 Å². The van der Waals surface area contributed by atoms with Gasteiger partial charge in [-0.2, -0.15) is 5.26 Å². The van der Waals surface area contributed by atoms with E-state index < -0.39 is 5.82 Å². The van der Waals surface area contributed by atoms with Crippen molar-refractivity contribution in [3.8, 4) is 6.07 Å². The Hall–Kier alpha value is -1.77. The molecule has 1 heterocycles. The molecule has 0 saturated carbocycles. The number of aryl methyl sites for hydroxylation is 2. The number of thiazole rings is 1. The molecular weight excluding hydrogens is 273 g/mol. The van der Waals surface area contributed by atoms with Crippen LogP contribution >= 0.6 is 11.3 Å². The Kier molecular flexibility index (Phi) is 4.48. The lowest BCUT2D eigenvalue weighted by atomic mass is 10.1. The van der Waals surface area contributed by atoms with Crippen molar-refractivity contribution in [1.82, 2.24) is 10.3 Å². The molecule has 1 aromatic heterocycles. The summed E-state index contributed by atoms with van der Waals surface area (Å²) < 4.78 is 13.2. The maximum atomic E-state index is 13.2. The predicted molar refractivity (Wildman–Crippen MR) is 78.0 cm³/mol. The first-order valence-electron chi connectivity index (χ1n) is 6.37. The van der Waals surface area contributed by atoms with Gasteiger partial charge in [0.2, 0.25) is 0 Å². The van der Waals surface area contributed by atoms with Gasteiger partial charge in [0.15, 0.2) is 0 Å². The maximum Gasteiger partial charge on any atom is 0.140 e. The van der Waals surface area contributed by atoms with Gasteiger partial charge in [-0.25, -0.2) is 9.37 Å². The van der Waals surface area contributed by atoms with E-state index in [1.807, 2.05) is 19.9 Å². The van der Waals surface area contributed by atoms with Crippen molar-refractivity contribution in [2.45, 2.75) is 33.4 Å². The highest BCUT2D eigenvalue weighted by atomic mass is 32.1. The number of hydrogen-bond acceptors (Lipinski definition) is 4. The molecule has 0 fully saturated rings. The molecular formula is C15H16FN3S. The van der Waals surface area contributed by atoms with E-state index in [9.17, 15) is 4.39 Å². The van der Waals surface area contributed by atoms with Crippen LogP contribution in [0.4, 0.5) is 4.39 Å². The lowest BCUT2D eigenvalue weighted by Crippen LogP contribution is -2.18. The highest BCUT2D eigenvalue weighted by molar-refractivity contribution is 7.11. The van der Waals surface area contributed by atoms with E-state index in [2.05, 4.69) is 17.2 Å². The Morgan fingerprint density at radius 1 is 1.45 bits per heavy atom. The van der Waals surface area contributed by atoms with Gasteiger partial charge in [-0.3, -0.25) is 0 Å². The van der Waals surface area contributed by atoms with Crippen molar-refractivity contribution in [3.63, 3.8) is 0 Å². The van der Waals surface area contributed by atoms with E-state index in [0.29, 0.717) is 6.54 Å². The summed E-state index contributed by atoms with van der Waals surface area (Å²) in [6.07, 6.45) is 0. The topological polar surface area (TPSA) is 48.7 Å². The minimum absolute atomic E-state index is 0.0850. The highest BCUT2D eigenvalue weighted by Crippen LogP contribution is 2.24. The Morgan fingerprint density at radius 3 is 2.80 bits per heavy atom. The first-order chi connectivity index (χ1) is 9.51. The van der Waals surface area contributed by atoms with Crippen molar-refractivity contribution in [2.75, 3.05) is 0 Å². The van der Waals surface area contributed by atoms with Gasteiger partial charge in [-0.05, 0) is 38.5 Å². The lowest BCUT2D eigenvalue weighted by Gasteiger charge is -2.13. The molecule has 0 bridgehead atoms. The zero-order valence-electron chi connectivity index (χ0n) is 11.7. The molecule has 1 unspecified atom stereocenters. The number of nitriles is 1. The SMILES string of the molecule is Cc1nc(C)c(C(C)NCc2ccc(F)c(C#N)c2)s1. The molecule has 2 aromatic rings. The van der Waals surface area contributed by atoms with Crippen LogP contribution in [0.15, 0.2) is 18.2 Å². The largest absolute Gasteiger partial charge is 0.305 e. The summed E-state index contributed by atoms with van der Waals surface area (Å²) in [6, 6.07) is 6.65. The molecule has 0 amide bonds. The molecule has 0 spiro atoms. The second-order valence-electron chi connectivity index (χ2n) is 4.71. The summed E-state index contributed by atoms with van der Waals surface area (Å²) in [7, 11) is 0. The van der Waals surface area contributed by atoms with Crippen LogP contribution in [-0.2, 0) is 6.54 Å². The number of halogens is 1. The maximum absolute atomic E-state index is 13.2. The van der Waals surface area contributed by atoms with Crippen molar-refractivity contribution < 1.29 is 4.39 Å². The van der Waals surface area contributed by atoms with Crippen LogP contribution < -0.4 is 5.32 Å². The smallest absolute Gasteiger partial charge is 0.140 e. The monoisotopic (exact) mass is 289 g/mol. The molecule has 2 rings (SSSR count). The summed E-state index contributed by atoms with van der Waals surface area (Å²) in [5.74, 6) is -0.474. The summed E-state index contributed by atoms with van der Waals surface area (Å²) >= 11 is 1.68. The van der Waals surface area contributed by atoms with Gasteiger partial charge in [0.1, 0.15) is 11.9 Å². The molecule has 0 saturated heterocycles. The van der Waals surface area contributed by atoms with Crippen molar-refractivity contribution in [1.29, 1.82) is 5.26 Å². The van der Waals surface area contributed by atoms with Crippen LogP contribution in [0.3, 0.4) is 0 Å². The molecule has 0 aliphatic carbocycles. The minimum Gasteiger partial charge on any atom is -0.305 e. The number of nitrogens with one attached hydrogen (secondary N) is 1. The number of nitrogens with zero attached hydrogens (tertiary/aromatic N) is 2. The van der Waals surface area contributed by atoms with Crippen LogP contribution in [-0.4, -0.2) is 4.98 Å². The van der Waals surface area contributed by atoms with Crippen LogP contribution in [0.25, 0.3) is 0 Å². The fraction of sp³-hybridized carbons (Fsp3) is 0.333. The molecule has 5 heteroatoms. The van der Waals surface area contributed by atoms with E-state index >= 15 is 0 Å². The Morgan fingerprint density at radius 2 is 2.20 bits per heavy atom. The zero-order chi connectivity index (χ0) is 14.7. The number of aromatic nitrogens is 1. The van der Waals surface area contributed by atoms with Crippen molar-refractivity contribution >= 4 is 11.3 Å². The second kappa shape index (κ2) is 6.12. The van der Waals surface area contributed by atoms with Crippen LogP contribution in [0.1, 0.15) is 39.7 Å². The van der Waals surface area contributed by atoms with Gasteiger partial charge >= 0.3 is 0 Å². The third-order valence-electron chi connectivity index (χ3n) is 3.10. The van der Waals surface area contributed by atoms with Crippen molar-refractivity contribution in [2.24, 2.45) is 0 Å². The molecule has 1 N–H and O–H groups in total. The standard InChI is InChI=1S/C15H16FN3S/c1-9(15-10(2)19-11(3)20-15)18-8-12-4-5-14(16)13(6-12)7-17/h4-6,9,18H,8H2,1-3H3. The third kappa shape index (κ3) is 3.21. The Balaban J connectivity index is 2.05. The summed E-state index contributed by atoms with van der Waals surface area (Å²) in [5.41, 5.74) is 2.03. The average Bonchev–Trinajstić information content (AvgIpc) is 2.76. The van der Waals surface area contributed by atoms with E-state index in [4.69, 9.17) is 5.26 Å². The fourth-order valence-electron chi connectivity index (χ4n) is 2.08. The Labute approximate surface area is 122 Å². The van der Waals surface area contributed by atoms with E-state index in [-0.39, 0.29) is 11.6 Å². The number of benzene rings is 1. The molecule has 0 aliphatic rings. The molecule has 0 radical (unpaired) electrons. The van der Waals surface area contributed by atoms with Crippen LogP contribution in [0.2, 0.25) is 0 Å². The summed E-state index contributed by atoms with van der Waals surface area (Å²) in [6.45, 7) is 6.66. The molecule has 104 valence electrons. The molecule has 1 atom stereocenters. The predicted octanol–water partition coefficient (Wildman–Crippen LogP) is 3.62. The second-order valence-corrected chi connectivity index (χ2v) is 5.95. The number of hydrogen-bond donors (Lipinski definition) is 1. The highest BCUT2D eigenvalue weighted by Gasteiger charge is 2.12. The Bertz CT molecular complexity index is 658. The van der Waals surface area contributed by atoms with Gasteiger partial charge in [0, 0.05) is 17.5 Å². The minimum atomic E-state index is -0.474. The van der Waals surface area contributed by atoms with Gasteiger partial charge in [-0.15, -0.1) is 11.3 Å². The fourth-order valence-corrected chi connectivity index (χ4v) is 3.03. The van der Waals surface area contributed by atoms with Gasteiger partial charge < -0.3 is 5.32 Å². The van der Waals surface area contributed by atoms with Gasteiger partial charge in [0.25, 0.3) is 0 Å². The molecule has 20 heavy (non-hydrogen) atoms. The normalized spacial score (nSPS) is 12.2. The first-order valence-corrected chi connectivity index (χ1v) is 7.18. The quantitative estimate of drug-likeness (QED) is 0.935. The zero-order valence-corrected chi connectivity index (χ0v) is 12.5. The average molecular weight is 289 g/mol. The van der Waals surface area contributed by atoms with E-state index in [0.717, 1.165) is 16.3 Å². The van der Waals surface area contributed by atoms with Crippen LogP contribution in [0, 0.1) is 31.0 Å². The molecule has 0 aliphatic heterocycles. The lowest BCUT2D eigenvalue weighted by molar-refractivity contribution is 0.577. The molecule has 3 nitrogen and oxygen atoms in total.